The maximum Gasteiger partial charge on any atom is 0.247 e. The molecule has 9 nitrogen and oxygen atoms in total. The molecular weight excluding hydrogens is 494 g/mol. The fourth-order valence-corrected chi connectivity index (χ4v) is 4.40. The van der Waals surface area contributed by atoms with E-state index in [1.54, 1.807) is 34.9 Å². The number of para-hydroxylation sites is 1. The van der Waals surface area contributed by atoms with Crippen molar-refractivity contribution in [3.63, 3.8) is 0 Å². The zero-order valence-electron chi connectivity index (χ0n) is 23.3. The molecule has 0 saturated carbocycles. The summed E-state index contributed by atoms with van der Waals surface area (Å²) >= 11 is 0. The molecule has 39 heavy (non-hydrogen) atoms. The number of fused-ring (bicyclic) bond motifs is 1. The van der Waals surface area contributed by atoms with Crippen LogP contribution in [-0.2, 0) is 22.7 Å². The van der Waals surface area contributed by atoms with Gasteiger partial charge in [0.25, 0.3) is 0 Å². The van der Waals surface area contributed by atoms with Crippen molar-refractivity contribution in [1.29, 1.82) is 0 Å². The lowest BCUT2D eigenvalue weighted by atomic mass is 10.00. The van der Waals surface area contributed by atoms with Gasteiger partial charge in [0.2, 0.25) is 11.8 Å². The van der Waals surface area contributed by atoms with Gasteiger partial charge in [-0.1, -0.05) is 53.2 Å². The van der Waals surface area contributed by atoms with Crippen molar-refractivity contribution < 1.29 is 19.1 Å². The number of rotatable bonds is 9. The first-order valence-electron chi connectivity index (χ1n) is 12.8. The van der Waals surface area contributed by atoms with E-state index in [1.165, 1.54) is 7.11 Å². The fraction of sp³-hybridized carbons (Fsp3) is 0.333. The number of ether oxygens (including phenoxy) is 2. The Morgan fingerprint density at radius 3 is 2.33 bits per heavy atom. The van der Waals surface area contributed by atoms with Crippen molar-refractivity contribution in [3.8, 4) is 11.5 Å². The molecule has 0 radical (unpaired) electrons. The van der Waals surface area contributed by atoms with Crippen LogP contribution in [0.5, 0.6) is 11.5 Å². The van der Waals surface area contributed by atoms with Gasteiger partial charge in [-0.15, -0.1) is 5.10 Å². The standard InChI is InChI=1S/C30H35N5O4/c1-20-11-13-21(14-12-20)18-34(27(36)19-35-24-10-8-7-9-23(24)32-33-35)28(29(37)31-30(2,3)4)22-15-16-25(38-5)26(17-22)39-6/h7-17,28H,18-19H2,1-6H3,(H,31,37). The predicted molar refractivity (Wildman–Crippen MR) is 149 cm³/mol. The van der Waals surface area contributed by atoms with Gasteiger partial charge in [-0.2, -0.15) is 0 Å². The summed E-state index contributed by atoms with van der Waals surface area (Å²) in [6.07, 6.45) is 0. The third-order valence-electron chi connectivity index (χ3n) is 6.28. The smallest absolute Gasteiger partial charge is 0.247 e. The van der Waals surface area contributed by atoms with Gasteiger partial charge in [-0.05, 0) is 63.1 Å². The molecular formula is C30H35N5O4. The minimum atomic E-state index is -0.951. The van der Waals surface area contributed by atoms with Gasteiger partial charge in [-0.25, -0.2) is 4.68 Å². The molecule has 0 fully saturated rings. The average Bonchev–Trinajstić information content (AvgIpc) is 3.31. The zero-order chi connectivity index (χ0) is 28.2. The van der Waals surface area contributed by atoms with E-state index in [9.17, 15) is 9.59 Å². The van der Waals surface area contributed by atoms with Crippen LogP contribution in [0.1, 0.15) is 43.5 Å². The Hall–Kier alpha value is -4.40. The van der Waals surface area contributed by atoms with E-state index in [4.69, 9.17) is 9.47 Å². The molecule has 1 atom stereocenters. The van der Waals surface area contributed by atoms with Crippen LogP contribution in [0, 0.1) is 6.92 Å². The maximum absolute atomic E-state index is 14.1. The monoisotopic (exact) mass is 529 g/mol. The molecule has 4 aromatic rings. The number of carbonyl (C=O) groups is 2. The van der Waals surface area contributed by atoms with E-state index in [0.29, 0.717) is 22.6 Å². The van der Waals surface area contributed by atoms with Crippen molar-refractivity contribution in [1.82, 2.24) is 25.2 Å². The van der Waals surface area contributed by atoms with Crippen molar-refractivity contribution in [2.24, 2.45) is 0 Å². The average molecular weight is 530 g/mol. The lowest BCUT2D eigenvalue weighted by molar-refractivity contribution is -0.142. The summed E-state index contributed by atoms with van der Waals surface area (Å²) in [4.78, 5) is 29.6. The molecule has 1 N–H and O–H groups in total. The van der Waals surface area contributed by atoms with Gasteiger partial charge in [-0.3, -0.25) is 9.59 Å². The van der Waals surface area contributed by atoms with E-state index >= 15 is 0 Å². The molecule has 0 bridgehead atoms. The van der Waals surface area contributed by atoms with Crippen LogP contribution in [-0.4, -0.2) is 51.5 Å². The summed E-state index contributed by atoms with van der Waals surface area (Å²) in [6.45, 7) is 7.85. The van der Waals surface area contributed by atoms with Gasteiger partial charge >= 0.3 is 0 Å². The highest BCUT2D eigenvalue weighted by atomic mass is 16.5. The Balaban J connectivity index is 1.81. The van der Waals surface area contributed by atoms with Crippen molar-refractivity contribution in [2.75, 3.05) is 14.2 Å². The van der Waals surface area contributed by atoms with Crippen LogP contribution >= 0.6 is 0 Å². The first-order chi connectivity index (χ1) is 18.6. The Morgan fingerprint density at radius 2 is 1.67 bits per heavy atom. The predicted octanol–water partition coefficient (Wildman–Crippen LogP) is 4.44. The number of carbonyl (C=O) groups excluding carboxylic acids is 2. The summed E-state index contributed by atoms with van der Waals surface area (Å²) in [5.74, 6) is 0.406. The molecule has 9 heteroatoms. The lowest BCUT2D eigenvalue weighted by Crippen LogP contribution is -2.49. The summed E-state index contributed by atoms with van der Waals surface area (Å²) in [7, 11) is 3.09. The minimum absolute atomic E-state index is 0.0844. The van der Waals surface area contributed by atoms with Crippen LogP contribution in [0.4, 0.5) is 0 Å². The quantitative estimate of drug-likeness (QED) is 0.344. The van der Waals surface area contributed by atoms with E-state index in [0.717, 1.165) is 16.6 Å². The molecule has 3 aromatic carbocycles. The second-order valence-corrected chi connectivity index (χ2v) is 10.5. The van der Waals surface area contributed by atoms with E-state index in [2.05, 4.69) is 15.6 Å². The summed E-state index contributed by atoms with van der Waals surface area (Å²) in [5, 5.41) is 11.5. The largest absolute Gasteiger partial charge is 0.493 e. The molecule has 1 heterocycles. The number of aryl methyl sites for hydroxylation is 1. The summed E-state index contributed by atoms with van der Waals surface area (Å²) in [6, 6.07) is 19.7. The molecule has 204 valence electrons. The lowest BCUT2D eigenvalue weighted by Gasteiger charge is -2.34. The third-order valence-corrected chi connectivity index (χ3v) is 6.28. The molecule has 2 amide bonds. The maximum atomic E-state index is 14.1. The van der Waals surface area contributed by atoms with Crippen molar-refractivity contribution >= 4 is 22.8 Å². The van der Waals surface area contributed by atoms with E-state index in [1.807, 2.05) is 76.2 Å². The van der Waals surface area contributed by atoms with Crippen LogP contribution in [0.15, 0.2) is 66.7 Å². The number of amides is 2. The number of benzene rings is 3. The number of hydrogen-bond acceptors (Lipinski definition) is 6. The Labute approximate surface area is 228 Å². The van der Waals surface area contributed by atoms with Crippen molar-refractivity contribution in [2.45, 2.75) is 52.4 Å². The van der Waals surface area contributed by atoms with Crippen LogP contribution in [0.25, 0.3) is 11.0 Å². The molecule has 1 aromatic heterocycles. The zero-order valence-corrected chi connectivity index (χ0v) is 23.3. The SMILES string of the molecule is COc1ccc(C(C(=O)NC(C)(C)C)N(Cc2ccc(C)cc2)C(=O)Cn2nnc3ccccc32)cc1OC. The Kier molecular flexibility index (Phi) is 8.18. The van der Waals surface area contributed by atoms with Crippen LogP contribution < -0.4 is 14.8 Å². The minimum Gasteiger partial charge on any atom is -0.493 e. The molecule has 0 spiro atoms. The van der Waals surface area contributed by atoms with E-state index < -0.39 is 11.6 Å². The Morgan fingerprint density at radius 1 is 0.974 bits per heavy atom. The molecule has 0 aliphatic heterocycles. The van der Waals surface area contributed by atoms with Gasteiger partial charge in [0.15, 0.2) is 11.5 Å². The number of methoxy groups -OCH3 is 2. The first-order valence-corrected chi connectivity index (χ1v) is 12.8. The second kappa shape index (κ2) is 11.6. The third kappa shape index (κ3) is 6.54. The molecule has 1 unspecified atom stereocenters. The number of nitrogens with one attached hydrogen (secondary N) is 1. The summed E-state index contributed by atoms with van der Waals surface area (Å²) in [5.41, 5.74) is 3.50. The van der Waals surface area contributed by atoms with Crippen LogP contribution in [0.3, 0.4) is 0 Å². The van der Waals surface area contributed by atoms with Crippen LogP contribution in [0.2, 0.25) is 0 Å². The highest BCUT2D eigenvalue weighted by Crippen LogP contribution is 2.33. The highest BCUT2D eigenvalue weighted by molar-refractivity contribution is 5.89. The molecule has 4 rings (SSSR count). The number of nitrogens with zero attached hydrogens (tertiary/aromatic N) is 4. The molecule has 0 aliphatic rings. The first kappa shape index (κ1) is 27.6. The second-order valence-electron chi connectivity index (χ2n) is 10.5. The van der Waals surface area contributed by atoms with Crippen molar-refractivity contribution in [3.05, 3.63) is 83.4 Å². The highest BCUT2D eigenvalue weighted by Gasteiger charge is 2.34. The number of aromatic nitrogens is 3. The van der Waals surface area contributed by atoms with E-state index in [-0.39, 0.29) is 24.9 Å². The normalized spacial score (nSPS) is 12.2. The van der Waals surface area contributed by atoms with Gasteiger partial charge in [0.05, 0.1) is 19.7 Å². The van der Waals surface area contributed by atoms with Gasteiger partial charge < -0.3 is 19.7 Å². The Bertz CT molecular complexity index is 1460. The molecule has 0 saturated heterocycles. The summed E-state index contributed by atoms with van der Waals surface area (Å²) < 4.78 is 12.5. The van der Waals surface area contributed by atoms with Gasteiger partial charge in [0.1, 0.15) is 18.1 Å². The topological polar surface area (TPSA) is 98.6 Å². The number of hydrogen-bond donors (Lipinski definition) is 1. The fourth-order valence-electron chi connectivity index (χ4n) is 4.40. The molecule has 0 aliphatic carbocycles. The van der Waals surface area contributed by atoms with Gasteiger partial charge in [0, 0.05) is 12.1 Å².